The van der Waals surface area contributed by atoms with E-state index in [0.29, 0.717) is 17.8 Å². The molecule has 122 valence electrons. The molecule has 2 aromatic carbocycles. The van der Waals surface area contributed by atoms with Crippen LogP contribution in [0.15, 0.2) is 54.7 Å². The number of rotatable bonds is 5. The molecule has 1 heterocycles. The molecule has 0 atom stereocenters. The maximum Gasteiger partial charge on any atom is 0.319 e. The number of amides is 3. The number of nitrogens with two attached hydrogens (primary N) is 1. The van der Waals surface area contributed by atoms with Gasteiger partial charge in [-0.3, -0.25) is 4.79 Å². The van der Waals surface area contributed by atoms with Gasteiger partial charge in [0.2, 0.25) is 5.91 Å². The van der Waals surface area contributed by atoms with Crippen molar-refractivity contribution in [1.82, 2.24) is 10.3 Å². The highest BCUT2D eigenvalue weighted by atomic mass is 16.2. The van der Waals surface area contributed by atoms with Crippen molar-refractivity contribution in [3.05, 3.63) is 65.9 Å². The lowest BCUT2D eigenvalue weighted by Crippen LogP contribution is -2.30. The molecule has 3 aromatic rings. The Morgan fingerprint density at radius 2 is 1.79 bits per heavy atom. The van der Waals surface area contributed by atoms with Gasteiger partial charge in [-0.25, -0.2) is 4.79 Å². The zero-order valence-electron chi connectivity index (χ0n) is 13.0. The van der Waals surface area contributed by atoms with Crippen LogP contribution in [0.5, 0.6) is 0 Å². The molecule has 0 fully saturated rings. The van der Waals surface area contributed by atoms with Gasteiger partial charge in [0.25, 0.3) is 0 Å². The van der Waals surface area contributed by atoms with Gasteiger partial charge in [0.1, 0.15) is 0 Å². The molecule has 0 aliphatic heterocycles. The molecule has 1 aromatic heterocycles. The summed E-state index contributed by atoms with van der Waals surface area (Å²) in [5, 5.41) is 6.70. The van der Waals surface area contributed by atoms with Crippen molar-refractivity contribution >= 4 is 28.5 Å². The average Bonchev–Trinajstić information content (AvgIpc) is 2.99. The van der Waals surface area contributed by atoms with Crippen molar-refractivity contribution in [3.8, 4) is 0 Å². The molecule has 5 N–H and O–H groups in total. The number of fused-ring (bicyclic) bond motifs is 1. The number of nitrogens with one attached hydrogen (secondary N) is 3. The van der Waals surface area contributed by atoms with Gasteiger partial charge in [-0.05, 0) is 42.3 Å². The number of carbonyl (C=O) groups excluding carboxylic acids is 2. The van der Waals surface area contributed by atoms with Crippen LogP contribution in [0.1, 0.15) is 15.9 Å². The van der Waals surface area contributed by atoms with E-state index in [4.69, 9.17) is 5.73 Å². The zero-order valence-corrected chi connectivity index (χ0v) is 13.0. The SMILES string of the molecule is NC(=O)c1ccc(NC(=O)NCCc2c[nH]c3ccccc23)cc1. The van der Waals surface area contributed by atoms with Crippen LogP contribution in [0.3, 0.4) is 0 Å². The van der Waals surface area contributed by atoms with Gasteiger partial charge in [-0.2, -0.15) is 0 Å². The van der Waals surface area contributed by atoms with Crippen LogP contribution in [0.4, 0.5) is 10.5 Å². The Labute approximate surface area is 139 Å². The lowest BCUT2D eigenvalue weighted by atomic mass is 10.1. The third kappa shape index (κ3) is 3.55. The van der Waals surface area contributed by atoms with E-state index in [9.17, 15) is 9.59 Å². The molecule has 3 rings (SSSR count). The van der Waals surface area contributed by atoms with Gasteiger partial charge in [-0.1, -0.05) is 18.2 Å². The first kappa shape index (κ1) is 15.6. The molecular formula is C18H18N4O2. The fraction of sp³-hybridized carbons (Fsp3) is 0.111. The van der Waals surface area contributed by atoms with Crippen LogP contribution in [-0.2, 0) is 6.42 Å². The minimum absolute atomic E-state index is 0.290. The average molecular weight is 322 g/mol. The summed E-state index contributed by atoms with van der Waals surface area (Å²) in [5.41, 5.74) is 8.43. The molecule has 0 saturated carbocycles. The first-order valence-electron chi connectivity index (χ1n) is 7.63. The normalized spacial score (nSPS) is 10.5. The van der Waals surface area contributed by atoms with E-state index < -0.39 is 5.91 Å². The summed E-state index contributed by atoms with van der Waals surface area (Å²) in [5.74, 6) is -0.496. The predicted molar refractivity (Wildman–Crippen MR) is 94.0 cm³/mol. The molecule has 3 amide bonds. The Balaban J connectivity index is 1.51. The molecule has 0 aliphatic carbocycles. The summed E-state index contributed by atoms with van der Waals surface area (Å²) in [6, 6.07) is 14.2. The van der Waals surface area contributed by atoms with Crippen molar-refractivity contribution < 1.29 is 9.59 Å². The van der Waals surface area contributed by atoms with Gasteiger partial charge in [-0.15, -0.1) is 0 Å². The fourth-order valence-corrected chi connectivity index (χ4v) is 2.54. The Hall–Kier alpha value is -3.28. The Kier molecular flexibility index (Phi) is 4.47. The lowest BCUT2D eigenvalue weighted by Gasteiger charge is -2.07. The Bertz CT molecular complexity index is 868. The molecule has 0 bridgehead atoms. The van der Waals surface area contributed by atoms with Gasteiger partial charge in [0, 0.05) is 34.9 Å². The molecule has 0 unspecified atom stereocenters. The summed E-state index contributed by atoms with van der Waals surface area (Å²) < 4.78 is 0. The molecule has 6 nitrogen and oxygen atoms in total. The first-order chi connectivity index (χ1) is 11.6. The van der Waals surface area contributed by atoms with Crippen molar-refractivity contribution in [3.63, 3.8) is 0 Å². The van der Waals surface area contributed by atoms with Crippen LogP contribution in [-0.4, -0.2) is 23.5 Å². The number of aromatic nitrogens is 1. The number of benzene rings is 2. The number of H-pyrrole nitrogens is 1. The first-order valence-corrected chi connectivity index (χ1v) is 7.63. The highest BCUT2D eigenvalue weighted by molar-refractivity contribution is 5.94. The van der Waals surface area contributed by atoms with Crippen LogP contribution in [0.25, 0.3) is 10.9 Å². The lowest BCUT2D eigenvalue weighted by molar-refractivity contribution is 0.100. The molecular weight excluding hydrogens is 304 g/mol. The largest absolute Gasteiger partial charge is 0.366 e. The van der Waals surface area contributed by atoms with E-state index in [2.05, 4.69) is 21.7 Å². The smallest absolute Gasteiger partial charge is 0.319 e. The number of aromatic amines is 1. The second-order valence-corrected chi connectivity index (χ2v) is 5.43. The van der Waals surface area contributed by atoms with Crippen molar-refractivity contribution in [2.75, 3.05) is 11.9 Å². The maximum absolute atomic E-state index is 11.9. The minimum atomic E-state index is -0.496. The molecule has 0 saturated heterocycles. The van der Waals surface area contributed by atoms with Crippen molar-refractivity contribution in [2.45, 2.75) is 6.42 Å². The maximum atomic E-state index is 11.9. The highest BCUT2D eigenvalue weighted by Crippen LogP contribution is 2.17. The topological polar surface area (TPSA) is 100 Å². The van der Waals surface area contributed by atoms with E-state index in [-0.39, 0.29) is 6.03 Å². The zero-order chi connectivity index (χ0) is 16.9. The van der Waals surface area contributed by atoms with Gasteiger partial charge in [0.05, 0.1) is 0 Å². The molecule has 6 heteroatoms. The summed E-state index contributed by atoms with van der Waals surface area (Å²) in [4.78, 5) is 26.1. The van der Waals surface area contributed by atoms with Crippen molar-refractivity contribution in [2.24, 2.45) is 5.73 Å². The third-order valence-corrected chi connectivity index (χ3v) is 3.78. The monoisotopic (exact) mass is 322 g/mol. The van der Waals surface area contributed by atoms with Crippen LogP contribution >= 0.6 is 0 Å². The summed E-state index contributed by atoms with van der Waals surface area (Å²) >= 11 is 0. The van der Waals surface area contributed by atoms with Crippen LogP contribution in [0.2, 0.25) is 0 Å². The standard InChI is InChI=1S/C18H18N4O2/c19-17(23)12-5-7-14(8-6-12)22-18(24)20-10-9-13-11-21-16-4-2-1-3-15(13)16/h1-8,11,21H,9-10H2,(H2,19,23)(H2,20,22,24). The fourth-order valence-electron chi connectivity index (χ4n) is 2.54. The molecule has 0 aliphatic rings. The second kappa shape index (κ2) is 6.87. The number of para-hydroxylation sites is 1. The number of primary amides is 1. The van der Waals surface area contributed by atoms with E-state index >= 15 is 0 Å². The van der Waals surface area contributed by atoms with Gasteiger partial charge < -0.3 is 21.4 Å². The third-order valence-electron chi connectivity index (χ3n) is 3.78. The quantitative estimate of drug-likeness (QED) is 0.580. The minimum Gasteiger partial charge on any atom is -0.366 e. The molecule has 0 spiro atoms. The number of anilines is 1. The Morgan fingerprint density at radius 1 is 1.04 bits per heavy atom. The van der Waals surface area contributed by atoms with E-state index in [1.807, 2.05) is 24.4 Å². The second-order valence-electron chi connectivity index (χ2n) is 5.43. The number of hydrogen-bond donors (Lipinski definition) is 4. The highest BCUT2D eigenvalue weighted by Gasteiger charge is 2.05. The van der Waals surface area contributed by atoms with Gasteiger partial charge in [0.15, 0.2) is 0 Å². The number of urea groups is 1. The number of hydrogen-bond acceptors (Lipinski definition) is 2. The van der Waals surface area contributed by atoms with E-state index in [1.165, 1.54) is 5.39 Å². The van der Waals surface area contributed by atoms with Crippen molar-refractivity contribution in [1.29, 1.82) is 0 Å². The van der Waals surface area contributed by atoms with Gasteiger partial charge >= 0.3 is 6.03 Å². The van der Waals surface area contributed by atoms with E-state index in [1.54, 1.807) is 24.3 Å². The summed E-state index contributed by atoms with van der Waals surface area (Å²) in [6.45, 7) is 0.521. The van der Waals surface area contributed by atoms with Crippen LogP contribution in [0, 0.1) is 0 Å². The number of carbonyl (C=O) groups is 2. The van der Waals surface area contributed by atoms with Crippen LogP contribution < -0.4 is 16.4 Å². The van der Waals surface area contributed by atoms with E-state index in [0.717, 1.165) is 17.5 Å². The predicted octanol–water partition coefficient (Wildman–Crippen LogP) is 2.63. The Morgan fingerprint density at radius 3 is 2.54 bits per heavy atom. The molecule has 0 radical (unpaired) electrons. The summed E-state index contributed by atoms with van der Waals surface area (Å²) in [7, 11) is 0. The molecule has 24 heavy (non-hydrogen) atoms. The summed E-state index contributed by atoms with van der Waals surface area (Å²) in [6.07, 6.45) is 2.70.